The van der Waals surface area contributed by atoms with Crippen LogP contribution in [0.4, 0.5) is 5.82 Å². The number of nitrogens with zero attached hydrogens (tertiary/aromatic N) is 4. The lowest BCUT2D eigenvalue weighted by molar-refractivity contribution is -0.391. The van der Waals surface area contributed by atoms with Gasteiger partial charge < -0.3 is 15.5 Å². The molecule has 0 saturated heterocycles. The van der Waals surface area contributed by atoms with Crippen LogP contribution in [-0.2, 0) is 7.05 Å². The van der Waals surface area contributed by atoms with Crippen LogP contribution < -0.4 is 5.43 Å². The topological polar surface area (TPSA) is 85.3 Å². The molecule has 1 aromatic heterocycles. The van der Waals surface area contributed by atoms with Crippen molar-refractivity contribution in [2.45, 2.75) is 13.3 Å². The summed E-state index contributed by atoms with van der Waals surface area (Å²) in [5.74, 6) is 0.400. The van der Waals surface area contributed by atoms with E-state index in [9.17, 15) is 10.1 Å². The van der Waals surface area contributed by atoms with Gasteiger partial charge in [0.25, 0.3) is 0 Å². The molecule has 0 aliphatic heterocycles. The average molecular weight is 211 g/mol. The van der Waals surface area contributed by atoms with Crippen LogP contribution in [0.3, 0.4) is 0 Å². The molecule has 0 atom stereocenters. The van der Waals surface area contributed by atoms with Crippen molar-refractivity contribution >= 4 is 12.0 Å². The highest BCUT2D eigenvalue weighted by atomic mass is 16.6. The van der Waals surface area contributed by atoms with Crippen molar-refractivity contribution in [2.75, 3.05) is 6.54 Å². The zero-order valence-corrected chi connectivity index (χ0v) is 8.67. The fourth-order valence-electron chi connectivity index (χ4n) is 0.984. The lowest BCUT2D eigenvalue weighted by atomic mass is 10.5. The number of aromatic nitrogens is 2. The molecule has 82 valence electrons. The van der Waals surface area contributed by atoms with Crippen LogP contribution in [0.5, 0.6) is 0 Å². The average Bonchev–Trinajstić information content (AvgIpc) is 2.55. The summed E-state index contributed by atoms with van der Waals surface area (Å²) < 4.78 is 1.37. The van der Waals surface area contributed by atoms with Gasteiger partial charge in [-0.25, -0.2) is 9.55 Å². The molecule has 1 heterocycles. The SMILES string of the molecule is CCCNN=Cc1ncc([N+](=O)[O-])n1C. The largest absolute Gasteiger partial charge is 0.358 e. The predicted molar refractivity (Wildman–Crippen MR) is 55.8 cm³/mol. The van der Waals surface area contributed by atoms with Gasteiger partial charge in [0.05, 0.1) is 7.05 Å². The first-order valence-corrected chi connectivity index (χ1v) is 4.58. The second-order valence-electron chi connectivity index (χ2n) is 2.96. The number of hydrogen-bond donors (Lipinski definition) is 1. The molecule has 0 amide bonds. The van der Waals surface area contributed by atoms with E-state index in [0.717, 1.165) is 13.0 Å². The lowest BCUT2D eigenvalue weighted by Crippen LogP contribution is -2.08. The summed E-state index contributed by atoms with van der Waals surface area (Å²) in [4.78, 5) is 13.9. The minimum atomic E-state index is -0.482. The third-order valence-electron chi connectivity index (χ3n) is 1.82. The Labute approximate surface area is 87.0 Å². The Hall–Kier alpha value is -1.92. The van der Waals surface area contributed by atoms with E-state index in [-0.39, 0.29) is 5.82 Å². The molecule has 0 saturated carbocycles. The minimum Gasteiger partial charge on any atom is -0.358 e. The highest BCUT2D eigenvalue weighted by Crippen LogP contribution is 2.09. The molecule has 1 N–H and O–H groups in total. The second kappa shape index (κ2) is 5.08. The minimum absolute atomic E-state index is 0.0491. The van der Waals surface area contributed by atoms with Gasteiger partial charge in [-0.05, 0) is 11.3 Å². The maximum absolute atomic E-state index is 10.5. The van der Waals surface area contributed by atoms with Crippen LogP contribution in [0.15, 0.2) is 11.3 Å². The lowest BCUT2D eigenvalue weighted by Gasteiger charge is -1.95. The molecule has 15 heavy (non-hydrogen) atoms. The zero-order valence-electron chi connectivity index (χ0n) is 8.67. The van der Waals surface area contributed by atoms with E-state index in [1.54, 1.807) is 7.05 Å². The number of nitro groups is 1. The van der Waals surface area contributed by atoms with Gasteiger partial charge in [0.2, 0.25) is 5.82 Å². The standard InChI is InChI=1S/C8H13N5O2/c1-3-4-10-11-5-7-9-6-8(12(7)2)13(14)15/h5-6,10H,3-4H2,1-2H3. The number of nitrogens with one attached hydrogen (secondary N) is 1. The van der Waals surface area contributed by atoms with Crippen molar-refractivity contribution in [2.24, 2.45) is 12.1 Å². The zero-order chi connectivity index (χ0) is 11.3. The molecule has 0 radical (unpaired) electrons. The molecule has 0 aromatic carbocycles. The number of imidazole rings is 1. The van der Waals surface area contributed by atoms with Crippen LogP contribution in [0.25, 0.3) is 0 Å². The fourth-order valence-corrected chi connectivity index (χ4v) is 0.984. The van der Waals surface area contributed by atoms with Crippen molar-refractivity contribution < 1.29 is 4.92 Å². The van der Waals surface area contributed by atoms with Crippen LogP contribution >= 0.6 is 0 Å². The van der Waals surface area contributed by atoms with E-state index in [2.05, 4.69) is 15.5 Å². The van der Waals surface area contributed by atoms with Gasteiger partial charge in [-0.15, -0.1) is 0 Å². The maximum atomic E-state index is 10.5. The Morgan fingerprint density at radius 2 is 2.53 bits per heavy atom. The van der Waals surface area contributed by atoms with Crippen molar-refractivity contribution in [3.8, 4) is 0 Å². The van der Waals surface area contributed by atoms with Crippen LogP contribution in [-0.4, -0.2) is 27.2 Å². The summed E-state index contributed by atoms with van der Waals surface area (Å²) in [5, 5.41) is 14.4. The summed E-state index contributed by atoms with van der Waals surface area (Å²) >= 11 is 0. The van der Waals surface area contributed by atoms with Crippen LogP contribution in [0.2, 0.25) is 0 Å². The third-order valence-corrected chi connectivity index (χ3v) is 1.82. The monoisotopic (exact) mass is 211 g/mol. The van der Waals surface area contributed by atoms with Crippen molar-refractivity contribution in [1.82, 2.24) is 15.0 Å². The summed E-state index contributed by atoms with van der Waals surface area (Å²) in [5.41, 5.74) is 2.80. The normalized spacial score (nSPS) is 10.8. The first-order valence-electron chi connectivity index (χ1n) is 4.58. The first-order chi connectivity index (χ1) is 7.16. The van der Waals surface area contributed by atoms with E-state index in [1.165, 1.54) is 17.0 Å². The van der Waals surface area contributed by atoms with Crippen LogP contribution in [0.1, 0.15) is 19.2 Å². The molecule has 0 aliphatic carbocycles. The second-order valence-corrected chi connectivity index (χ2v) is 2.96. The molecular weight excluding hydrogens is 198 g/mol. The third kappa shape index (κ3) is 2.76. The summed E-state index contributed by atoms with van der Waals surface area (Å²) in [6.45, 7) is 2.79. The quantitative estimate of drug-likeness (QED) is 0.335. The first kappa shape index (κ1) is 11.2. The maximum Gasteiger partial charge on any atom is 0.342 e. The van der Waals surface area contributed by atoms with Gasteiger partial charge >= 0.3 is 5.82 Å². The highest BCUT2D eigenvalue weighted by Gasteiger charge is 2.14. The van der Waals surface area contributed by atoms with Gasteiger partial charge in [-0.3, -0.25) is 0 Å². The molecule has 7 heteroatoms. The van der Waals surface area contributed by atoms with Crippen molar-refractivity contribution in [3.63, 3.8) is 0 Å². The van der Waals surface area contributed by atoms with E-state index in [1.807, 2.05) is 6.92 Å². The molecule has 7 nitrogen and oxygen atoms in total. The number of hydrazone groups is 1. The van der Waals surface area contributed by atoms with Gasteiger partial charge in [-0.2, -0.15) is 5.10 Å². The highest BCUT2D eigenvalue weighted by molar-refractivity contribution is 5.75. The Kier molecular flexibility index (Phi) is 3.78. The van der Waals surface area contributed by atoms with E-state index >= 15 is 0 Å². The van der Waals surface area contributed by atoms with Crippen molar-refractivity contribution in [3.05, 3.63) is 22.1 Å². The Bertz CT molecular complexity index is 371. The Morgan fingerprint density at radius 3 is 3.07 bits per heavy atom. The molecule has 0 bridgehead atoms. The predicted octanol–water partition coefficient (Wildman–Crippen LogP) is 0.662. The smallest absolute Gasteiger partial charge is 0.342 e. The number of rotatable bonds is 5. The molecule has 1 rings (SSSR count). The Morgan fingerprint density at radius 1 is 1.80 bits per heavy atom. The number of hydrogen-bond acceptors (Lipinski definition) is 5. The fraction of sp³-hybridized carbons (Fsp3) is 0.500. The Balaban J connectivity index is 2.70. The molecule has 0 unspecified atom stereocenters. The molecule has 0 aliphatic rings. The molecule has 0 fully saturated rings. The summed E-state index contributed by atoms with van der Waals surface area (Å²) in [6.07, 6.45) is 3.64. The van der Waals surface area contributed by atoms with Gasteiger partial charge in [0, 0.05) is 6.54 Å². The van der Waals surface area contributed by atoms with E-state index < -0.39 is 4.92 Å². The van der Waals surface area contributed by atoms with E-state index in [0.29, 0.717) is 5.82 Å². The van der Waals surface area contributed by atoms with E-state index in [4.69, 9.17) is 0 Å². The molecule has 1 aromatic rings. The van der Waals surface area contributed by atoms with Crippen LogP contribution in [0, 0.1) is 10.1 Å². The van der Waals surface area contributed by atoms with Gasteiger partial charge in [0.15, 0.2) is 0 Å². The van der Waals surface area contributed by atoms with Crippen molar-refractivity contribution in [1.29, 1.82) is 0 Å². The molecule has 0 spiro atoms. The van der Waals surface area contributed by atoms with Gasteiger partial charge in [-0.1, -0.05) is 6.92 Å². The van der Waals surface area contributed by atoms with Gasteiger partial charge in [0.1, 0.15) is 12.4 Å². The summed E-state index contributed by atoms with van der Waals surface area (Å²) in [6, 6.07) is 0. The summed E-state index contributed by atoms with van der Waals surface area (Å²) in [7, 11) is 1.58. The molecular formula is C8H13N5O2.